The number of carbonyl (C=O) groups excluding carboxylic acids is 4. The third-order valence-electron chi connectivity index (χ3n) is 5.72. The number of carbonyl (C=O) groups is 4. The van der Waals surface area contributed by atoms with Crippen LogP contribution >= 0.6 is 11.8 Å². The maximum atomic E-state index is 12.6. The van der Waals surface area contributed by atoms with Gasteiger partial charge in [-0.1, -0.05) is 48.5 Å². The second-order valence-corrected chi connectivity index (χ2v) is 8.78. The number of hydrogen-bond donors (Lipinski definition) is 1. The van der Waals surface area contributed by atoms with Crippen LogP contribution in [0.25, 0.3) is 11.1 Å². The Morgan fingerprint density at radius 2 is 1.61 bits per heavy atom. The molecule has 0 saturated carbocycles. The molecule has 0 radical (unpaired) electrons. The highest BCUT2D eigenvalue weighted by molar-refractivity contribution is 7.98. The van der Waals surface area contributed by atoms with E-state index in [4.69, 9.17) is 9.57 Å². The average Bonchev–Trinajstić information content (AvgIpc) is 3.32. The molecule has 1 fully saturated rings. The average molecular weight is 469 g/mol. The molecule has 3 amide bonds. The highest BCUT2D eigenvalue weighted by atomic mass is 32.2. The molecule has 1 aliphatic carbocycles. The van der Waals surface area contributed by atoms with Crippen molar-refractivity contribution in [2.24, 2.45) is 0 Å². The van der Waals surface area contributed by atoms with Gasteiger partial charge in [-0.3, -0.25) is 9.59 Å². The summed E-state index contributed by atoms with van der Waals surface area (Å²) in [5, 5.41) is 3.01. The first kappa shape index (κ1) is 22.8. The monoisotopic (exact) mass is 468 g/mol. The molecule has 2 aliphatic rings. The van der Waals surface area contributed by atoms with Crippen LogP contribution in [0.5, 0.6) is 0 Å². The van der Waals surface area contributed by atoms with Crippen LogP contribution in [0.1, 0.15) is 36.3 Å². The molecule has 9 heteroatoms. The number of ether oxygens (including phenoxy) is 1. The molecule has 4 rings (SSSR count). The van der Waals surface area contributed by atoms with Gasteiger partial charge in [0.1, 0.15) is 12.6 Å². The summed E-state index contributed by atoms with van der Waals surface area (Å²) in [5.41, 5.74) is 4.39. The number of amides is 3. The lowest BCUT2D eigenvalue weighted by Crippen LogP contribution is -2.46. The van der Waals surface area contributed by atoms with Gasteiger partial charge >= 0.3 is 12.1 Å². The van der Waals surface area contributed by atoms with E-state index < -0.39 is 29.9 Å². The lowest BCUT2D eigenvalue weighted by molar-refractivity contribution is -0.198. The molecule has 0 unspecified atom stereocenters. The molecule has 33 heavy (non-hydrogen) atoms. The van der Waals surface area contributed by atoms with E-state index in [1.807, 2.05) is 54.8 Å². The lowest BCUT2D eigenvalue weighted by atomic mass is 9.98. The zero-order chi connectivity index (χ0) is 23.4. The largest absolute Gasteiger partial charge is 0.449 e. The molecule has 0 spiro atoms. The highest BCUT2D eigenvalue weighted by Crippen LogP contribution is 2.44. The summed E-state index contributed by atoms with van der Waals surface area (Å²) >= 11 is 1.49. The summed E-state index contributed by atoms with van der Waals surface area (Å²) < 4.78 is 5.50. The summed E-state index contributed by atoms with van der Waals surface area (Å²) in [6, 6.07) is 14.9. The second kappa shape index (κ2) is 10.1. The van der Waals surface area contributed by atoms with Crippen LogP contribution in [0, 0.1) is 0 Å². The van der Waals surface area contributed by atoms with E-state index in [1.165, 1.54) is 11.8 Å². The molecule has 8 nitrogen and oxygen atoms in total. The number of nitrogens with one attached hydrogen (secondary N) is 1. The maximum Gasteiger partial charge on any atom is 0.407 e. The molecule has 1 saturated heterocycles. The van der Waals surface area contributed by atoms with Crippen molar-refractivity contribution in [1.82, 2.24) is 10.4 Å². The highest BCUT2D eigenvalue weighted by Gasteiger charge is 2.35. The lowest BCUT2D eigenvalue weighted by Gasteiger charge is -2.20. The fourth-order valence-corrected chi connectivity index (χ4v) is 4.55. The fourth-order valence-electron chi connectivity index (χ4n) is 4.08. The van der Waals surface area contributed by atoms with Gasteiger partial charge in [-0.05, 0) is 40.7 Å². The molecule has 2 aromatic rings. The molecule has 0 aromatic heterocycles. The minimum atomic E-state index is -1.05. The number of hydroxylamine groups is 2. The van der Waals surface area contributed by atoms with Gasteiger partial charge in [-0.2, -0.15) is 11.8 Å². The summed E-state index contributed by atoms with van der Waals surface area (Å²) in [7, 11) is 0. The Morgan fingerprint density at radius 1 is 1.03 bits per heavy atom. The second-order valence-electron chi connectivity index (χ2n) is 7.80. The topological polar surface area (TPSA) is 102 Å². The van der Waals surface area contributed by atoms with Gasteiger partial charge in [-0.15, -0.1) is 5.06 Å². The predicted molar refractivity (Wildman–Crippen MR) is 122 cm³/mol. The number of imide groups is 1. The van der Waals surface area contributed by atoms with E-state index in [0.717, 1.165) is 22.3 Å². The Hall–Kier alpha value is -3.33. The first-order valence-electron chi connectivity index (χ1n) is 10.7. The zero-order valence-electron chi connectivity index (χ0n) is 18.1. The number of rotatable bonds is 8. The van der Waals surface area contributed by atoms with Crippen molar-refractivity contribution < 1.29 is 28.8 Å². The number of benzene rings is 2. The molecule has 2 aromatic carbocycles. The number of nitrogens with zero attached hydrogens (tertiary/aromatic N) is 1. The van der Waals surface area contributed by atoms with Crippen LogP contribution in [-0.4, -0.2) is 53.6 Å². The van der Waals surface area contributed by atoms with Gasteiger partial charge < -0.3 is 14.9 Å². The number of fused-ring (bicyclic) bond motifs is 3. The number of hydrogen-bond acceptors (Lipinski definition) is 7. The summed E-state index contributed by atoms with van der Waals surface area (Å²) in [6.07, 6.45) is 1.37. The van der Waals surface area contributed by atoms with Gasteiger partial charge in [0.05, 0.1) is 0 Å². The smallest absolute Gasteiger partial charge is 0.407 e. The van der Waals surface area contributed by atoms with E-state index in [2.05, 4.69) is 5.32 Å². The SMILES string of the molecule is CSCC[C@H](NC(=O)OCC1c2ccccc2-c2ccccc21)C(=O)ON1C(=O)CCC1=O. The van der Waals surface area contributed by atoms with Gasteiger partial charge in [0, 0.05) is 18.8 Å². The quantitative estimate of drug-likeness (QED) is 0.594. The van der Waals surface area contributed by atoms with Crippen molar-refractivity contribution >= 4 is 35.6 Å². The minimum Gasteiger partial charge on any atom is -0.449 e. The third kappa shape index (κ3) is 4.88. The van der Waals surface area contributed by atoms with Crippen molar-refractivity contribution in [3.05, 3.63) is 59.7 Å². The van der Waals surface area contributed by atoms with Gasteiger partial charge in [0.2, 0.25) is 0 Å². The van der Waals surface area contributed by atoms with E-state index in [1.54, 1.807) is 0 Å². The summed E-state index contributed by atoms with van der Waals surface area (Å²) in [6.45, 7) is 0.104. The zero-order valence-corrected chi connectivity index (χ0v) is 18.9. The van der Waals surface area contributed by atoms with Crippen LogP contribution in [0.4, 0.5) is 4.79 Å². The molecule has 1 N–H and O–H groups in total. The molecular formula is C24H24N2O6S. The fraction of sp³-hybridized carbons (Fsp3) is 0.333. The van der Waals surface area contributed by atoms with Crippen molar-refractivity contribution in [2.75, 3.05) is 18.6 Å². The Labute approximate surface area is 195 Å². The number of thioether (sulfide) groups is 1. The molecule has 172 valence electrons. The van der Waals surface area contributed by atoms with E-state index in [-0.39, 0.29) is 31.8 Å². The Bertz CT molecular complexity index is 1030. The van der Waals surface area contributed by atoms with Gasteiger partial charge in [0.15, 0.2) is 0 Å². The molecular weight excluding hydrogens is 444 g/mol. The third-order valence-corrected chi connectivity index (χ3v) is 6.36. The van der Waals surface area contributed by atoms with Crippen molar-refractivity contribution in [1.29, 1.82) is 0 Å². The minimum absolute atomic E-state index is 0.00139. The summed E-state index contributed by atoms with van der Waals surface area (Å²) in [4.78, 5) is 53.6. The van der Waals surface area contributed by atoms with E-state index in [9.17, 15) is 19.2 Å². The van der Waals surface area contributed by atoms with Gasteiger partial charge in [0.25, 0.3) is 11.8 Å². The van der Waals surface area contributed by atoms with Crippen molar-refractivity contribution in [3.8, 4) is 11.1 Å². The van der Waals surface area contributed by atoms with Crippen LogP contribution in [-0.2, 0) is 24.0 Å². The van der Waals surface area contributed by atoms with E-state index >= 15 is 0 Å². The Balaban J connectivity index is 1.40. The van der Waals surface area contributed by atoms with Crippen LogP contribution < -0.4 is 5.32 Å². The predicted octanol–water partition coefficient (Wildman–Crippen LogP) is 3.25. The normalized spacial score (nSPS) is 15.7. The van der Waals surface area contributed by atoms with Crippen LogP contribution in [0.15, 0.2) is 48.5 Å². The number of alkyl carbamates (subject to hydrolysis) is 1. The van der Waals surface area contributed by atoms with Crippen LogP contribution in [0.2, 0.25) is 0 Å². The molecule has 1 heterocycles. The Morgan fingerprint density at radius 3 is 2.18 bits per heavy atom. The van der Waals surface area contributed by atoms with E-state index in [0.29, 0.717) is 10.8 Å². The van der Waals surface area contributed by atoms with Crippen LogP contribution in [0.3, 0.4) is 0 Å². The maximum absolute atomic E-state index is 12.6. The first-order chi connectivity index (χ1) is 16.0. The Kier molecular flexibility index (Phi) is 6.98. The summed E-state index contributed by atoms with van der Waals surface area (Å²) in [5.74, 6) is -1.57. The first-order valence-corrected chi connectivity index (χ1v) is 12.1. The molecule has 0 bridgehead atoms. The van der Waals surface area contributed by atoms with Crippen molar-refractivity contribution in [3.63, 3.8) is 0 Å². The molecule has 1 atom stereocenters. The molecule has 1 aliphatic heterocycles. The standard InChI is InChI=1S/C24H24N2O6S/c1-33-13-12-20(23(29)32-26-21(27)10-11-22(26)28)25-24(30)31-14-19-17-8-4-2-6-15(17)16-7-3-5-9-18(16)19/h2-9,19-20H,10-14H2,1H3,(H,25,30)/t20-/m0/s1. The van der Waals surface area contributed by atoms with Crippen molar-refractivity contribution in [2.45, 2.75) is 31.2 Å². The van der Waals surface area contributed by atoms with Gasteiger partial charge in [-0.25, -0.2) is 9.59 Å².